The molecule has 4 N–H and O–H groups in total. The van der Waals surface area contributed by atoms with E-state index in [1.54, 1.807) is 48.5 Å². The van der Waals surface area contributed by atoms with E-state index in [1.807, 2.05) is 0 Å². The molecule has 24 heavy (non-hydrogen) atoms. The third kappa shape index (κ3) is 2.80. The number of fused-ring (bicyclic) bond motifs is 2. The summed E-state index contributed by atoms with van der Waals surface area (Å²) in [6.45, 7) is 0. The van der Waals surface area contributed by atoms with Gasteiger partial charge in [-0.05, 0) is 24.3 Å². The number of hydrogen-bond acceptors (Lipinski definition) is 4. The highest BCUT2D eigenvalue weighted by molar-refractivity contribution is 5.80. The number of aromatic nitrogens is 4. The van der Waals surface area contributed by atoms with E-state index in [0.29, 0.717) is 21.5 Å². The Kier molecular flexibility index (Phi) is 3.94. The first-order chi connectivity index (χ1) is 11.6. The van der Waals surface area contributed by atoms with E-state index in [4.69, 9.17) is 0 Å². The van der Waals surface area contributed by atoms with Gasteiger partial charge in [0.25, 0.3) is 22.2 Å². The summed E-state index contributed by atoms with van der Waals surface area (Å²) in [5, 5.41) is 10.7. The minimum atomic E-state index is -0.273. The van der Waals surface area contributed by atoms with Gasteiger partial charge in [0.15, 0.2) is 0 Å². The Morgan fingerprint density at radius 1 is 0.417 bits per heavy atom. The van der Waals surface area contributed by atoms with Crippen molar-refractivity contribution in [3.8, 4) is 0 Å². The predicted octanol–water partition coefficient (Wildman–Crippen LogP) is 0.433. The van der Waals surface area contributed by atoms with Crippen LogP contribution >= 0.6 is 0 Å². The zero-order chi connectivity index (χ0) is 17.1. The van der Waals surface area contributed by atoms with Crippen LogP contribution in [0.15, 0.2) is 67.7 Å². The zero-order valence-electron chi connectivity index (χ0n) is 12.3. The van der Waals surface area contributed by atoms with Crippen molar-refractivity contribution < 1.29 is 0 Å². The molecule has 2 heterocycles. The summed E-state index contributed by atoms with van der Waals surface area (Å²) >= 11 is 0. The average Bonchev–Trinajstić information content (AvgIpc) is 2.63. The molecule has 0 bridgehead atoms. The van der Waals surface area contributed by atoms with Crippen LogP contribution in [0.4, 0.5) is 0 Å². The van der Waals surface area contributed by atoms with Crippen LogP contribution in [0, 0.1) is 0 Å². The predicted molar refractivity (Wildman–Crippen MR) is 90.4 cm³/mol. The maximum Gasteiger partial charge on any atom is 0.270 e. The van der Waals surface area contributed by atoms with Gasteiger partial charge in [0.1, 0.15) is 0 Å². The summed E-state index contributed by atoms with van der Waals surface area (Å²) in [5.74, 6) is 0. The van der Waals surface area contributed by atoms with Crippen LogP contribution in [0.5, 0.6) is 0 Å². The fraction of sp³-hybridized carbons (Fsp3) is 0. The van der Waals surface area contributed by atoms with Crippen molar-refractivity contribution in [2.75, 3.05) is 0 Å². The topological polar surface area (TPSA) is 131 Å². The van der Waals surface area contributed by atoms with E-state index < -0.39 is 0 Å². The molecule has 0 aliphatic heterocycles. The molecule has 0 fully saturated rings. The van der Waals surface area contributed by atoms with Crippen molar-refractivity contribution in [3.63, 3.8) is 0 Å². The van der Waals surface area contributed by atoms with Gasteiger partial charge in [0, 0.05) is 0 Å². The zero-order valence-corrected chi connectivity index (χ0v) is 12.3. The van der Waals surface area contributed by atoms with E-state index in [9.17, 15) is 19.2 Å². The quantitative estimate of drug-likeness (QED) is 0.373. The lowest BCUT2D eigenvalue weighted by Crippen LogP contribution is -2.18. The number of hydrogen-bond donors (Lipinski definition) is 4. The van der Waals surface area contributed by atoms with Crippen LogP contribution in [-0.4, -0.2) is 20.4 Å². The van der Waals surface area contributed by atoms with Crippen molar-refractivity contribution >= 4 is 21.5 Å². The molecular formula is C16H12N4O4. The molecule has 0 unspecified atom stereocenters. The fourth-order valence-corrected chi connectivity index (χ4v) is 2.25. The second kappa shape index (κ2) is 6.21. The van der Waals surface area contributed by atoms with Gasteiger partial charge in [0.2, 0.25) is 0 Å². The molecule has 0 atom stereocenters. The van der Waals surface area contributed by atoms with Crippen molar-refractivity contribution in [2.24, 2.45) is 0 Å². The molecule has 8 heteroatoms. The molecule has 0 amide bonds. The fourth-order valence-electron chi connectivity index (χ4n) is 2.25. The number of benzene rings is 2. The molecule has 0 aliphatic rings. The van der Waals surface area contributed by atoms with Crippen LogP contribution in [-0.2, 0) is 0 Å². The largest absolute Gasteiger partial charge is 0.270 e. The number of H-pyrrole nitrogens is 4. The van der Waals surface area contributed by atoms with Crippen LogP contribution in [0.25, 0.3) is 21.5 Å². The molecule has 0 aliphatic carbocycles. The lowest BCUT2D eigenvalue weighted by molar-refractivity contribution is 0.976. The first-order valence-corrected chi connectivity index (χ1v) is 6.97. The monoisotopic (exact) mass is 324 g/mol. The van der Waals surface area contributed by atoms with E-state index in [2.05, 4.69) is 20.4 Å². The van der Waals surface area contributed by atoms with Gasteiger partial charge in [-0.1, -0.05) is 24.3 Å². The Labute approximate surface area is 132 Å². The Morgan fingerprint density at radius 3 is 0.833 bits per heavy atom. The first-order valence-electron chi connectivity index (χ1n) is 6.97. The standard InChI is InChI=1S/2C8H6N2O2/c2*11-7-5-3-1-2-4-6(5)8(12)10-9-7/h2*1-4H,(H,9,11)(H,10,12). The Balaban J connectivity index is 0.000000141. The van der Waals surface area contributed by atoms with Gasteiger partial charge in [-0.15, -0.1) is 0 Å². The van der Waals surface area contributed by atoms with Gasteiger partial charge < -0.3 is 0 Å². The van der Waals surface area contributed by atoms with Gasteiger partial charge in [-0.3, -0.25) is 39.6 Å². The molecular weight excluding hydrogens is 312 g/mol. The summed E-state index contributed by atoms with van der Waals surface area (Å²) in [7, 11) is 0. The highest BCUT2D eigenvalue weighted by Crippen LogP contribution is 2.01. The molecule has 0 saturated heterocycles. The summed E-state index contributed by atoms with van der Waals surface area (Å²) in [5.41, 5.74) is -1.09. The van der Waals surface area contributed by atoms with Crippen molar-refractivity contribution in [1.82, 2.24) is 20.4 Å². The van der Waals surface area contributed by atoms with Crippen LogP contribution < -0.4 is 22.2 Å². The molecule has 0 saturated carbocycles. The van der Waals surface area contributed by atoms with Gasteiger partial charge in [-0.25, -0.2) is 0 Å². The van der Waals surface area contributed by atoms with E-state index >= 15 is 0 Å². The second-order valence-corrected chi connectivity index (χ2v) is 4.91. The SMILES string of the molecule is O=c1[nH][nH]c(=O)c2ccccc12.O=c1[nH][nH]c(=O)c2ccccc12. The van der Waals surface area contributed by atoms with Crippen LogP contribution in [0.1, 0.15) is 0 Å². The summed E-state index contributed by atoms with van der Waals surface area (Å²) in [4.78, 5) is 44.4. The highest BCUT2D eigenvalue weighted by Gasteiger charge is 1.99. The molecule has 120 valence electrons. The summed E-state index contributed by atoms with van der Waals surface area (Å²) in [6, 6.07) is 13.3. The second-order valence-electron chi connectivity index (χ2n) is 4.91. The Hall–Kier alpha value is -3.68. The van der Waals surface area contributed by atoms with Crippen molar-refractivity contribution in [1.29, 1.82) is 0 Å². The third-order valence-corrected chi connectivity index (χ3v) is 3.41. The Morgan fingerprint density at radius 2 is 0.625 bits per heavy atom. The molecule has 0 spiro atoms. The average molecular weight is 324 g/mol. The first kappa shape index (κ1) is 15.2. The Bertz CT molecular complexity index is 1050. The van der Waals surface area contributed by atoms with Gasteiger partial charge in [-0.2, -0.15) is 0 Å². The van der Waals surface area contributed by atoms with E-state index in [1.165, 1.54) is 0 Å². The maximum atomic E-state index is 11.1. The molecule has 2 aromatic heterocycles. The maximum absolute atomic E-state index is 11.1. The molecule has 0 radical (unpaired) electrons. The summed E-state index contributed by atoms with van der Waals surface area (Å²) in [6.07, 6.45) is 0. The molecule has 8 nitrogen and oxygen atoms in total. The van der Waals surface area contributed by atoms with Crippen LogP contribution in [0.2, 0.25) is 0 Å². The van der Waals surface area contributed by atoms with Gasteiger partial charge >= 0.3 is 0 Å². The smallest absolute Gasteiger partial charge is 0.267 e. The number of aromatic amines is 4. The van der Waals surface area contributed by atoms with Crippen molar-refractivity contribution in [3.05, 3.63) is 89.9 Å². The third-order valence-electron chi connectivity index (χ3n) is 3.41. The van der Waals surface area contributed by atoms with Gasteiger partial charge in [0.05, 0.1) is 21.5 Å². The minimum Gasteiger partial charge on any atom is -0.267 e. The lowest BCUT2D eigenvalue weighted by atomic mass is 10.2. The normalized spacial score (nSPS) is 10.3. The van der Waals surface area contributed by atoms with Crippen molar-refractivity contribution in [2.45, 2.75) is 0 Å². The lowest BCUT2D eigenvalue weighted by Gasteiger charge is -1.92. The van der Waals surface area contributed by atoms with E-state index in [-0.39, 0.29) is 22.2 Å². The van der Waals surface area contributed by atoms with E-state index in [0.717, 1.165) is 0 Å². The minimum absolute atomic E-state index is 0.273. The summed E-state index contributed by atoms with van der Waals surface area (Å²) < 4.78 is 0. The number of nitrogens with one attached hydrogen (secondary N) is 4. The molecule has 4 rings (SSSR count). The molecule has 2 aromatic carbocycles. The van der Waals surface area contributed by atoms with Crippen LogP contribution in [0.3, 0.4) is 0 Å². The highest BCUT2D eigenvalue weighted by atomic mass is 16.2. The molecule has 4 aromatic rings. The number of rotatable bonds is 0.